The summed E-state index contributed by atoms with van der Waals surface area (Å²) in [5.41, 5.74) is 4.89. The van der Waals surface area contributed by atoms with Crippen molar-refractivity contribution < 1.29 is 4.79 Å². The van der Waals surface area contributed by atoms with Gasteiger partial charge in [-0.15, -0.1) is 0 Å². The van der Waals surface area contributed by atoms with Gasteiger partial charge < -0.3 is 11.1 Å². The molecule has 1 amide bonds. The number of nitrogens with two attached hydrogens (primary N) is 1. The Balaban J connectivity index is 4.08. The number of amides is 1. The van der Waals surface area contributed by atoms with Gasteiger partial charge >= 0.3 is 0 Å². The Kier molecular flexibility index (Phi) is 6.57. The Labute approximate surface area is 93.8 Å². The Hall–Kier alpha value is -0.570. The van der Waals surface area contributed by atoms with Crippen LogP contribution in [0.1, 0.15) is 59.8 Å². The quantitative estimate of drug-likeness (QED) is 0.609. The van der Waals surface area contributed by atoms with Crippen LogP contribution in [-0.2, 0) is 4.79 Å². The summed E-state index contributed by atoms with van der Waals surface area (Å²) in [4.78, 5) is 11.4. The van der Waals surface area contributed by atoms with Gasteiger partial charge in [-0.3, -0.25) is 4.79 Å². The molecule has 3 nitrogen and oxygen atoms in total. The predicted octanol–water partition coefficient (Wildman–Crippen LogP) is 2.20. The highest BCUT2D eigenvalue weighted by molar-refractivity contribution is 5.84. The Bertz CT molecular complexity index is 192. The van der Waals surface area contributed by atoms with Crippen molar-refractivity contribution in [2.75, 3.05) is 0 Å². The van der Waals surface area contributed by atoms with Gasteiger partial charge in [-0.05, 0) is 27.2 Å². The topological polar surface area (TPSA) is 55.1 Å². The molecule has 90 valence electrons. The molecule has 0 heterocycles. The molecule has 0 bridgehead atoms. The minimum absolute atomic E-state index is 0.243. The molecule has 0 aromatic heterocycles. The molecular formula is C12H26N2O. The maximum Gasteiger partial charge on any atom is 0.237 e. The number of nitrogens with one attached hydrogen (secondary N) is 1. The summed E-state index contributed by atoms with van der Waals surface area (Å²) in [6.45, 7) is 8.15. The average Bonchev–Trinajstić information content (AvgIpc) is 2.11. The van der Waals surface area contributed by atoms with E-state index in [1.54, 1.807) is 0 Å². The van der Waals surface area contributed by atoms with Crippen molar-refractivity contribution in [2.24, 2.45) is 5.73 Å². The standard InChI is InChI=1S/C12H26N2O/c1-5-6-7-8-9-12(4,11(13)15)14-10(2)3/h10,14H,5-9H2,1-4H3,(H2,13,15). The van der Waals surface area contributed by atoms with Crippen LogP contribution in [0, 0.1) is 0 Å². The predicted molar refractivity (Wildman–Crippen MR) is 64.6 cm³/mol. The molecule has 0 aliphatic carbocycles. The minimum atomic E-state index is -0.540. The molecule has 0 rings (SSSR count). The summed E-state index contributed by atoms with van der Waals surface area (Å²) in [5.74, 6) is -0.243. The van der Waals surface area contributed by atoms with E-state index in [-0.39, 0.29) is 11.9 Å². The molecule has 1 unspecified atom stereocenters. The van der Waals surface area contributed by atoms with Crippen LogP contribution in [0.25, 0.3) is 0 Å². The van der Waals surface area contributed by atoms with Crippen molar-refractivity contribution in [2.45, 2.75) is 71.4 Å². The number of carbonyl (C=O) groups is 1. The third-order valence-electron chi connectivity index (χ3n) is 2.68. The lowest BCUT2D eigenvalue weighted by atomic mass is 9.92. The van der Waals surface area contributed by atoms with Crippen molar-refractivity contribution in [3.63, 3.8) is 0 Å². The van der Waals surface area contributed by atoms with Crippen LogP contribution in [0.2, 0.25) is 0 Å². The van der Waals surface area contributed by atoms with Gasteiger partial charge in [0.25, 0.3) is 0 Å². The van der Waals surface area contributed by atoms with E-state index in [0.29, 0.717) is 0 Å². The summed E-state index contributed by atoms with van der Waals surface area (Å²) >= 11 is 0. The first-order valence-electron chi connectivity index (χ1n) is 6.00. The fourth-order valence-electron chi connectivity index (χ4n) is 1.81. The van der Waals surface area contributed by atoms with Crippen LogP contribution in [0.3, 0.4) is 0 Å². The molecule has 3 heteroatoms. The third-order valence-corrected chi connectivity index (χ3v) is 2.68. The van der Waals surface area contributed by atoms with Gasteiger partial charge in [-0.1, -0.05) is 32.6 Å². The fraction of sp³-hybridized carbons (Fsp3) is 0.917. The highest BCUT2D eigenvalue weighted by atomic mass is 16.1. The molecule has 0 aromatic carbocycles. The van der Waals surface area contributed by atoms with Gasteiger partial charge in [0.2, 0.25) is 5.91 Å². The van der Waals surface area contributed by atoms with Crippen LogP contribution in [-0.4, -0.2) is 17.5 Å². The maximum atomic E-state index is 11.4. The van der Waals surface area contributed by atoms with E-state index in [1.165, 1.54) is 19.3 Å². The molecule has 3 N–H and O–H groups in total. The molecule has 0 aliphatic rings. The van der Waals surface area contributed by atoms with Gasteiger partial charge in [-0.2, -0.15) is 0 Å². The first-order valence-corrected chi connectivity index (χ1v) is 6.00. The van der Waals surface area contributed by atoms with Crippen LogP contribution in [0.15, 0.2) is 0 Å². The smallest absolute Gasteiger partial charge is 0.237 e. The van der Waals surface area contributed by atoms with E-state index in [2.05, 4.69) is 12.2 Å². The van der Waals surface area contributed by atoms with E-state index in [0.717, 1.165) is 12.8 Å². The van der Waals surface area contributed by atoms with Crippen molar-refractivity contribution in [1.29, 1.82) is 0 Å². The number of hydrogen-bond donors (Lipinski definition) is 2. The normalized spacial score (nSPS) is 15.3. The lowest BCUT2D eigenvalue weighted by Gasteiger charge is -2.29. The van der Waals surface area contributed by atoms with Crippen LogP contribution < -0.4 is 11.1 Å². The van der Waals surface area contributed by atoms with Crippen molar-refractivity contribution in [3.05, 3.63) is 0 Å². The van der Waals surface area contributed by atoms with Crippen LogP contribution >= 0.6 is 0 Å². The molecule has 0 radical (unpaired) electrons. The zero-order valence-electron chi connectivity index (χ0n) is 10.6. The summed E-state index contributed by atoms with van der Waals surface area (Å²) in [6.07, 6.45) is 5.52. The van der Waals surface area contributed by atoms with E-state index >= 15 is 0 Å². The van der Waals surface area contributed by atoms with Crippen molar-refractivity contribution in [1.82, 2.24) is 5.32 Å². The van der Waals surface area contributed by atoms with Gasteiger partial charge in [-0.25, -0.2) is 0 Å². The largest absolute Gasteiger partial charge is 0.368 e. The second kappa shape index (κ2) is 6.83. The summed E-state index contributed by atoms with van der Waals surface area (Å²) in [6, 6.07) is 0.286. The van der Waals surface area contributed by atoms with E-state index in [4.69, 9.17) is 5.73 Å². The fourth-order valence-corrected chi connectivity index (χ4v) is 1.81. The molecule has 0 aromatic rings. The van der Waals surface area contributed by atoms with E-state index in [9.17, 15) is 4.79 Å². The Morgan fingerprint density at radius 1 is 1.33 bits per heavy atom. The van der Waals surface area contributed by atoms with Crippen molar-refractivity contribution in [3.8, 4) is 0 Å². The third kappa shape index (κ3) is 5.78. The number of rotatable bonds is 8. The second-order valence-corrected chi connectivity index (χ2v) is 4.81. The lowest BCUT2D eigenvalue weighted by Crippen LogP contribution is -2.55. The second-order valence-electron chi connectivity index (χ2n) is 4.81. The van der Waals surface area contributed by atoms with Gasteiger partial charge in [0.15, 0.2) is 0 Å². The first-order chi connectivity index (χ1) is 6.92. The average molecular weight is 214 g/mol. The summed E-state index contributed by atoms with van der Waals surface area (Å²) in [7, 11) is 0. The molecule has 15 heavy (non-hydrogen) atoms. The zero-order chi connectivity index (χ0) is 11.9. The molecule has 0 fully saturated rings. The summed E-state index contributed by atoms with van der Waals surface area (Å²) < 4.78 is 0. The zero-order valence-corrected chi connectivity index (χ0v) is 10.6. The summed E-state index contributed by atoms with van der Waals surface area (Å²) in [5, 5.41) is 3.26. The minimum Gasteiger partial charge on any atom is -0.368 e. The van der Waals surface area contributed by atoms with Gasteiger partial charge in [0, 0.05) is 6.04 Å². The SMILES string of the molecule is CCCCCCC(C)(NC(C)C)C(N)=O. The Morgan fingerprint density at radius 2 is 1.93 bits per heavy atom. The number of hydrogen-bond acceptors (Lipinski definition) is 2. The van der Waals surface area contributed by atoms with Crippen LogP contribution in [0.5, 0.6) is 0 Å². The van der Waals surface area contributed by atoms with Gasteiger partial charge in [0.1, 0.15) is 0 Å². The molecular weight excluding hydrogens is 188 g/mol. The van der Waals surface area contributed by atoms with Crippen LogP contribution in [0.4, 0.5) is 0 Å². The number of carbonyl (C=O) groups excluding carboxylic acids is 1. The van der Waals surface area contributed by atoms with E-state index in [1.807, 2.05) is 20.8 Å². The molecule has 1 atom stereocenters. The van der Waals surface area contributed by atoms with Crippen molar-refractivity contribution >= 4 is 5.91 Å². The Morgan fingerprint density at radius 3 is 2.33 bits per heavy atom. The molecule has 0 aliphatic heterocycles. The van der Waals surface area contributed by atoms with Gasteiger partial charge in [0.05, 0.1) is 5.54 Å². The molecule has 0 saturated heterocycles. The molecule has 0 spiro atoms. The highest BCUT2D eigenvalue weighted by Crippen LogP contribution is 2.15. The highest BCUT2D eigenvalue weighted by Gasteiger charge is 2.30. The molecule has 0 saturated carbocycles. The monoisotopic (exact) mass is 214 g/mol. The number of primary amides is 1. The number of unbranched alkanes of at least 4 members (excludes halogenated alkanes) is 3. The van der Waals surface area contributed by atoms with E-state index < -0.39 is 5.54 Å². The maximum absolute atomic E-state index is 11.4. The lowest BCUT2D eigenvalue weighted by molar-refractivity contribution is -0.124. The first kappa shape index (κ1) is 14.4.